The minimum absolute atomic E-state index is 0.0554. The number of carbonyl (C=O) groups is 2. The van der Waals surface area contributed by atoms with E-state index in [2.05, 4.69) is 20.5 Å². The molecule has 46 heavy (non-hydrogen) atoms. The third kappa shape index (κ3) is 6.84. The summed E-state index contributed by atoms with van der Waals surface area (Å²) in [5.41, 5.74) is 6.29. The Hall–Kier alpha value is -4.50. The summed E-state index contributed by atoms with van der Waals surface area (Å²) in [7, 11) is 0. The van der Waals surface area contributed by atoms with Crippen molar-refractivity contribution in [3.63, 3.8) is 0 Å². The number of alkyl halides is 3. The predicted molar refractivity (Wildman–Crippen MR) is 172 cm³/mol. The number of hydrogen-bond acceptors (Lipinski definition) is 4. The van der Waals surface area contributed by atoms with Crippen molar-refractivity contribution in [3.8, 4) is 22.4 Å². The van der Waals surface area contributed by atoms with Gasteiger partial charge in [-0.2, -0.15) is 13.2 Å². The van der Waals surface area contributed by atoms with Gasteiger partial charge in [-0.1, -0.05) is 73.2 Å². The zero-order chi connectivity index (χ0) is 32.1. The zero-order valence-corrected chi connectivity index (χ0v) is 25.5. The standard InChI is InChI=1S/C37H37F3N4O2/c38-37(39,40)24-43-36(46)34-28-14-4-2-12-25(28)27-16-10-17-30(33(27)34)32(44-22-8-1-9-23-44)19-11-21-42-35(45)29-15-5-3-13-26(29)31-18-6-7-20-41-31/h2-7,10,12-18,20,32,34H,1,8-9,11,19,21-24H2,(H,42,45)(H,43,46). The molecule has 1 aliphatic carbocycles. The fourth-order valence-corrected chi connectivity index (χ4v) is 6.93. The maximum Gasteiger partial charge on any atom is 0.405 e. The molecule has 0 bridgehead atoms. The summed E-state index contributed by atoms with van der Waals surface area (Å²) in [6, 6.07) is 26.4. The topological polar surface area (TPSA) is 74.3 Å². The lowest BCUT2D eigenvalue weighted by atomic mass is 9.86. The Bertz CT molecular complexity index is 1690. The van der Waals surface area contributed by atoms with E-state index in [9.17, 15) is 22.8 Å². The van der Waals surface area contributed by atoms with E-state index in [1.165, 1.54) is 0 Å². The molecule has 1 aromatic heterocycles. The number of hydrogen-bond donors (Lipinski definition) is 2. The lowest BCUT2D eigenvalue weighted by molar-refractivity contribution is -0.138. The van der Waals surface area contributed by atoms with E-state index in [0.29, 0.717) is 24.9 Å². The molecule has 3 aromatic carbocycles. The van der Waals surface area contributed by atoms with E-state index in [0.717, 1.165) is 71.4 Å². The molecule has 2 heterocycles. The number of benzene rings is 3. The number of pyridine rings is 1. The lowest BCUT2D eigenvalue weighted by Gasteiger charge is -2.36. The van der Waals surface area contributed by atoms with Crippen LogP contribution in [0.1, 0.15) is 71.1 Å². The van der Waals surface area contributed by atoms with E-state index in [4.69, 9.17) is 0 Å². The van der Waals surface area contributed by atoms with Crippen molar-refractivity contribution in [2.75, 3.05) is 26.2 Å². The molecule has 238 valence electrons. The summed E-state index contributed by atoms with van der Waals surface area (Å²) in [6.45, 7) is 0.872. The van der Waals surface area contributed by atoms with Crippen LogP contribution in [0.15, 0.2) is 91.1 Å². The Balaban J connectivity index is 1.25. The molecule has 2 N–H and O–H groups in total. The average molecular weight is 627 g/mol. The lowest BCUT2D eigenvalue weighted by Crippen LogP contribution is -2.38. The maximum absolute atomic E-state index is 13.5. The highest BCUT2D eigenvalue weighted by atomic mass is 19.4. The Morgan fingerprint density at radius 1 is 0.826 bits per heavy atom. The molecule has 0 spiro atoms. The van der Waals surface area contributed by atoms with Gasteiger partial charge in [0.1, 0.15) is 6.54 Å². The highest BCUT2D eigenvalue weighted by Crippen LogP contribution is 2.49. The first-order valence-corrected chi connectivity index (χ1v) is 15.9. The van der Waals surface area contributed by atoms with Crippen LogP contribution >= 0.6 is 0 Å². The Kier molecular flexibility index (Phi) is 9.49. The largest absolute Gasteiger partial charge is 0.405 e. The Morgan fingerprint density at radius 3 is 2.30 bits per heavy atom. The number of fused-ring (bicyclic) bond motifs is 3. The quantitative estimate of drug-likeness (QED) is 0.182. The van der Waals surface area contributed by atoms with Gasteiger partial charge in [-0.25, -0.2) is 0 Å². The Morgan fingerprint density at radius 2 is 1.54 bits per heavy atom. The molecule has 9 heteroatoms. The number of rotatable bonds is 10. The van der Waals surface area contributed by atoms with Crippen LogP contribution in [0.5, 0.6) is 0 Å². The van der Waals surface area contributed by atoms with Crippen LogP contribution in [0.3, 0.4) is 0 Å². The van der Waals surface area contributed by atoms with Crippen molar-refractivity contribution < 1.29 is 22.8 Å². The second-order valence-corrected chi connectivity index (χ2v) is 11.9. The SMILES string of the molecule is O=C(NCCCC(c1cccc2c1C(C(=O)NCC(F)(F)F)c1ccccc1-2)N1CCCCC1)c1ccccc1-c1ccccn1. The summed E-state index contributed by atoms with van der Waals surface area (Å²) in [5, 5.41) is 5.25. The van der Waals surface area contributed by atoms with Crippen LogP contribution in [0, 0.1) is 0 Å². The highest BCUT2D eigenvalue weighted by Gasteiger charge is 2.39. The maximum atomic E-state index is 13.5. The number of likely N-dealkylation sites (tertiary alicyclic amines) is 1. The van der Waals surface area contributed by atoms with Gasteiger partial charge in [0.15, 0.2) is 0 Å². The van der Waals surface area contributed by atoms with E-state index in [-0.39, 0.29) is 11.9 Å². The number of amides is 2. The molecule has 0 radical (unpaired) electrons. The molecule has 1 saturated heterocycles. The normalized spacial score (nSPS) is 16.7. The van der Waals surface area contributed by atoms with Crippen LogP contribution in [0.4, 0.5) is 13.2 Å². The molecule has 4 aromatic rings. The van der Waals surface area contributed by atoms with Crippen molar-refractivity contribution in [2.24, 2.45) is 0 Å². The first-order valence-electron chi connectivity index (χ1n) is 15.9. The van der Waals surface area contributed by atoms with Gasteiger partial charge in [0.05, 0.1) is 11.6 Å². The third-order valence-electron chi connectivity index (χ3n) is 8.96. The van der Waals surface area contributed by atoms with Crippen molar-refractivity contribution in [1.29, 1.82) is 0 Å². The summed E-state index contributed by atoms with van der Waals surface area (Å²) >= 11 is 0. The van der Waals surface area contributed by atoms with Gasteiger partial charge in [-0.3, -0.25) is 19.5 Å². The van der Waals surface area contributed by atoms with Crippen LogP contribution < -0.4 is 10.6 Å². The van der Waals surface area contributed by atoms with Gasteiger partial charge < -0.3 is 10.6 Å². The number of nitrogens with one attached hydrogen (secondary N) is 2. The number of nitrogens with zero attached hydrogens (tertiary/aromatic N) is 2. The summed E-state index contributed by atoms with van der Waals surface area (Å²) in [6.07, 6.45) is 1.86. The smallest absolute Gasteiger partial charge is 0.352 e. The molecular weight excluding hydrogens is 589 g/mol. The molecule has 6 nitrogen and oxygen atoms in total. The van der Waals surface area contributed by atoms with E-state index < -0.39 is 24.5 Å². The minimum atomic E-state index is -4.50. The monoisotopic (exact) mass is 626 g/mol. The summed E-state index contributed by atoms with van der Waals surface area (Å²) in [4.78, 5) is 33.7. The van der Waals surface area contributed by atoms with E-state index >= 15 is 0 Å². The first-order chi connectivity index (χ1) is 22.3. The van der Waals surface area contributed by atoms with Gasteiger partial charge in [-0.15, -0.1) is 0 Å². The zero-order valence-electron chi connectivity index (χ0n) is 25.5. The van der Waals surface area contributed by atoms with Gasteiger partial charge in [0, 0.05) is 29.9 Å². The van der Waals surface area contributed by atoms with Crippen molar-refractivity contribution in [1.82, 2.24) is 20.5 Å². The third-order valence-corrected chi connectivity index (χ3v) is 8.96. The molecule has 1 aliphatic heterocycles. The molecule has 0 saturated carbocycles. The van der Waals surface area contributed by atoms with Crippen molar-refractivity contribution >= 4 is 11.8 Å². The number of piperidine rings is 1. The second kappa shape index (κ2) is 13.9. The van der Waals surface area contributed by atoms with Crippen LogP contribution in [0.2, 0.25) is 0 Å². The van der Waals surface area contributed by atoms with Gasteiger partial charge in [-0.05, 0) is 84.8 Å². The molecule has 2 unspecified atom stereocenters. The Labute approximate surface area is 267 Å². The van der Waals surface area contributed by atoms with Crippen LogP contribution in [0.25, 0.3) is 22.4 Å². The van der Waals surface area contributed by atoms with Crippen LogP contribution in [-0.2, 0) is 4.79 Å². The molecule has 2 amide bonds. The number of halogens is 3. The summed E-state index contributed by atoms with van der Waals surface area (Å²) < 4.78 is 39.4. The number of carbonyl (C=O) groups excluding carboxylic acids is 2. The van der Waals surface area contributed by atoms with Crippen molar-refractivity contribution in [2.45, 2.75) is 50.2 Å². The summed E-state index contributed by atoms with van der Waals surface area (Å²) in [5.74, 6) is -1.65. The number of aromatic nitrogens is 1. The molecule has 6 rings (SSSR count). The molecule has 2 atom stereocenters. The molecule has 2 aliphatic rings. The second-order valence-electron chi connectivity index (χ2n) is 11.9. The van der Waals surface area contributed by atoms with Crippen molar-refractivity contribution in [3.05, 3.63) is 113 Å². The van der Waals surface area contributed by atoms with E-state index in [1.807, 2.05) is 78.9 Å². The highest BCUT2D eigenvalue weighted by molar-refractivity contribution is 6.00. The van der Waals surface area contributed by atoms with Gasteiger partial charge in [0.25, 0.3) is 5.91 Å². The van der Waals surface area contributed by atoms with Gasteiger partial charge >= 0.3 is 6.18 Å². The fourth-order valence-electron chi connectivity index (χ4n) is 6.93. The van der Waals surface area contributed by atoms with Gasteiger partial charge in [0.2, 0.25) is 5.91 Å². The minimum Gasteiger partial charge on any atom is -0.352 e. The first kappa shape index (κ1) is 31.5. The van der Waals surface area contributed by atoms with E-state index in [1.54, 1.807) is 12.3 Å². The molecular formula is C37H37F3N4O2. The predicted octanol–water partition coefficient (Wildman–Crippen LogP) is 7.28. The van der Waals surface area contributed by atoms with Crippen LogP contribution in [-0.4, -0.2) is 54.1 Å². The average Bonchev–Trinajstić information content (AvgIpc) is 3.42. The fraction of sp³-hybridized carbons (Fsp3) is 0.324. The molecule has 1 fully saturated rings.